The van der Waals surface area contributed by atoms with Crippen molar-refractivity contribution in [2.24, 2.45) is 28.6 Å². The van der Waals surface area contributed by atoms with Crippen molar-refractivity contribution < 1.29 is 19.8 Å². The summed E-state index contributed by atoms with van der Waals surface area (Å²) in [5.74, 6) is -0.460. The van der Waals surface area contributed by atoms with Crippen molar-refractivity contribution in [3.8, 4) is 0 Å². The highest BCUT2D eigenvalue weighted by Gasteiger charge is 2.52. The number of hydrogen-bond donors (Lipinski definition) is 2. The van der Waals surface area contributed by atoms with Gasteiger partial charge in [0.15, 0.2) is 0 Å². The van der Waals surface area contributed by atoms with Crippen LogP contribution in [0.25, 0.3) is 0 Å². The number of hydrogen-bond acceptors (Lipinski definition) is 2. The molecule has 0 aromatic heterocycles. The van der Waals surface area contributed by atoms with E-state index in [0.29, 0.717) is 11.8 Å². The van der Waals surface area contributed by atoms with Gasteiger partial charge in [0.2, 0.25) is 0 Å². The Hall–Kier alpha value is -1.32. The van der Waals surface area contributed by atoms with E-state index in [1.165, 1.54) is 0 Å². The molecule has 0 radical (unpaired) electrons. The van der Waals surface area contributed by atoms with Crippen LogP contribution in [0.2, 0.25) is 0 Å². The van der Waals surface area contributed by atoms with Gasteiger partial charge in [-0.3, -0.25) is 9.59 Å². The number of rotatable bonds is 6. The van der Waals surface area contributed by atoms with Crippen molar-refractivity contribution in [2.45, 2.75) is 72.6 Å². The molecule has 1 fully saturated rings. The van der Waals surface area contributed by atoms with E-state index in [2.05, 4.69) is 19.9 Å². The van der Waals surface area contributed by atoms with Gasteiger partial charge in [-0.1, -0.05) is 38.8 Å². The van der Waals surface area contributed by atoms with E-state index in [0.717, 1.165) is 44.1 Å². The number of fused-ring (bicyclic) bond motifs is 1. The molecule has 2 rings (SSSR count). The molecule has 5 atom stereocenters. The van der Waals surface area contributed by atoms with Crippen LogP contribution in [-0.2, 0) is 9.59 Å². The van der Waals surface area contributed by atoms with Gasteiger partial charge in [0.1, 0.15) is 0 Å². The first-order valence-electron chi connectivity index (χ1n) is 9.27. The number of carboxylic acid groups (broad SMARTS) is 2. The Balaban J connectivity index is 2.22. The molecule has 4 heteroatoms. The predicted molar refractivity (Wildman–Crippen MR) is 93.7 cm³/mol. The average Bonchev–Trinajstić information content (AvgIpc) is 2.49. The molecule has 0 aromatic rings. The van der Waals surface area contributed by atoms with Crippen LogP contribution in [0, 0.1) is 28.6 Å². The van der Waals surface area contributed by atoms with Gasteiger partial charge >= 0.3 is 11.9 Å². The highest BCUT2D eigenvalue weighted by Crippen LogP contribution is 2.58. The molecule has 0 saturated heterocycles. The van der Waals surface area contributed by atoms with Gasteiger partial charge in [-0.05, 0) is 62.2 Å². The van der Waals surface area contributed by atoms with Gasteiger partial charge < -0.3 is 10.2 Å². The molecule has 2 N–H and O–H groups in total. The Morgan fingerprint density at radius 1 is 1.33 bits per heavy atom. The summed E-state index contributed by atoms with van der Waals surface area (Å²) in [5, 5.41) is 18.8. The zero-order valence-electron chi connectivity index (χ0n) is 15.5. The smallest absolute Gasteiger partial charge is 0.313 e. The van der Waals surface area contributed by atoms with Crippen LogP contribution in [0.4, 0.5) is 0 Å². The molecular weight excluding hydrogens is 304 g/mol. The lowest BCUT2D eigenvalue weighted by atomic mass is 9.51. The minimum absolute atomic E-state index is 0.0635. The van der Waals surface area contributed by atoms with E-state index >= 15 is 0 Å². The van der Waals surface area contributed by atoms with Crippen molar-refractivity contribution in [3.63, 3.8) is 0 Å². The lowest BCUT2D eigenvalue weighted by molar-refractivity contribution is -0.148. The van der Waals surface area contributed by atoms with Gasteiger partial charge in [-0.15, -0.1) is 0 Å². The van der Waals surface area contributed by atoms with E-state index in [1.54, 1.807) is 0 Å². The largest absolute Gasteiger partial charge is 0.481 e. The number of aliphatic carboxylic acids is 2. The van der Waals surface area contributed by atoms with Gasteiger partial charge in [-0.2, -0.15) is 0 Å². The first kappa shape index (κ1) is 19.0. The molecule has 0 spiro atoms. The molecule has 0 aromatic carbocycles. The van der Waals surface area contributed by atoms with E-state index in [-0.39, 0.29) is 17.8 Å². The summed E-state index contributed by atoms with van der Waals surface area (Å²) in [6.45, 7) is 8.46. The Labute approximate surface area is 145 Å². The van der Waals surface area contributed by atoms with Crippen LogP contribution >= 0.6 is 0 Å². The quantitative estimate of drug-likeness (QED) is 0.687. The van der Waals surface area contributed by atoms with Crippen LogP contribution in [0.5, 0.6) is 0 Å². The Morgan fingerprint density at radius 2 is 2.00 bits per heavy atom. The van der Waals surface area contributed by atoms with Crippen LogP contribution in [0.1, 0.15) is 72.6 Å². The van der Waals surface area contributed by atoms with Gasteiger partial charge in [-0.25, -0.2) is 0 Å². The summed E-state index contributed by atoms with van der Waals surface area (Å²) >= 11 is 0. The SMILES string of the molecule is C[C@H](CC[C@@]1(C)[C@@H]2CCC[C@@](C)(C(=O)O)C2=CC[C@@H]1C)CC(=O)O. The highest BCUT2D eigenvalue weighted by atomic mass is 16.4. The lowest BCUT2D eigenvalue weighted by Gasteiger charge is -2.53. The van der Waals surface area contributed by atoms with Crippen molar-refractivity contribution in [1.29, 1.82) is 0 Å². The van der Waals surface area contributed by atoms with Crippen LogP contribution in [0.3, 0.4) is 0 Å². The standard InChI is InChI=1S/C20H32O4/c1-13(12-17(21)22)9-11-19(3)14(2)7-8-16-15(19)6-5-10-20(16,4)18(23)24/h8,13-15H,5-7,9-12H2,1-4H3,(H,21,22)(H,23,24)/t13-,14+,15-,19-,20-/m1/s1. The molecule has 0 unspecified atom stereocenters. The third kappa shape index (κ3) is 3.38. The van der Waals surface area contributed by atoms with Crippen LogP contribution in [0.15, 0.2) is 11.6 Å². The van der Waals surface area contributed by atoms with E-state index < -0.39 is 17.4 Å². The van der Waals surface area contributed by atoms with E-state index in [1.807, 2.05) is 13.8 Å². The van der Waals surface area contributed by atoms with Crippen molar-refractivity contribution >= 4 is 11.9 Å². The fourth-order valence-corrected chi connectivity index (χ4v) is 4.92. The first-order valence-corrected chi connectivity index (χ1v) is 9.27. The second-order valence-electron chi connectivity index (χ2n) is 8.63. The first-order chi connectivity index (χ1) is 11.1. The molecular formula is C20H32O4. The molecule has 1 saturated carbocycles. The summed E-state index contributed by atoms with van der Waals surface area (Å²) in [6.07, 6.45) is 7.94. The minimum atomic E-state index is -0.735. The van der Waals surface area contributed by atoms with Crippen molar-refractivity contribution in [1.82, 2.24) is 0 Å². The summed E-state index contributed by atoms with van der Waals surface area (Å²) in [7, 11) is 0. The normalized spacial score (nSPS) is 37.2. The van der Waals surface area contributed by atoms with E-state index in [9.17, 15) is 14.7 Å². The molecule has 0 aliphatic heterocycles. The third-order valence-corrected chi connectivity index (χ3v) is 6.97. The number of carboxylic acids is 2. The van der Waals surface area contributed by atoms with Gasteiger partial charge in [0.25, 0.3) is 0 Å². The number of carbonyl (C=O) groups is 2. The molecule has 0 amide bonds. The van der Waals surface area contributed by atoms with Gasteiger partial charge in [0.05, 0.1) is 5.41 Å². The molecule has 24 heavy (non-hydrogen) atoms. The molecule has 2 aliphatic carbocycles. The maximum atomic E-state index is 11.9. The molecule has 0 heterocycles. The molecule has 2 aliphatic rings. The number of allylic oxidation sites excluding steroid dienone is 1. The second-order valence-corrected chi connectivity index (χ2v) is 8.63. The molecule has 0 bridgehead atoms. The molecule has 136 valence electrons. The minimum Gasteiger partial charge on any atom is -0.481 e. The second kappa shape index (κ2) is 6.89. The summed E-state index contributed by atoms with van der Waals surface area (Å²) in [6, 6.07) is 0. The fourth-order valence-electron chi connectivity index (χ4n) is 4.92. The highest BCUT2D eigenvalue weighted by molar-refractivity contribution is 5.78. The zero-order chi connectivity index (χ0) is 18.1. The maximum absolute atomic E-state index is 11.9. The van der Waals surface area contributed by atoms with Crippen molar-refractivity contribution in [3.05, 3.63) is 11.6 Å². The topological polar surface area (TPSA) is 74.6 Å². The maximum Gasteiger partial charge on any atom is 0.313 e. The summed E-state index contributed by atoms with van der Waals surface area (Å²) in [5.41, 5.74) is 0.470. The van der Waals surface area contributed by atoms with Crippen LogP contribution < -0.4 is 0 Å². The zero-order valence-corrected chi connectivity index (χ0v) is 15.5. The Bertz CT molecular complexity index is 538. The monoisotopic (exact) mass is 336 g/mol. The Kier molecular flexibility index (Phi) is 5.46. The summed E-state index contributed by atoms with van der Waals surface area (Å²) < 4.78 is 0. The van der Waals surface area contributed by atoms with Gasteiger partial charge in [0, 0.05) is 6.42 Å². The Morgan fingerprint density at radius 3 is 2.58 bits per heavy atom. The van der Waals surface area contributed by atoms with Crippen LogP contribution in [-0.4, -0.2) is 22.2 Å². The third-order valence-electron chi connectivity index (χ3n) is 6.97. The average molecular weight is 336 g/mol. The predicted octanol–water partition coefficient (Wildman–Crippen LogP) is 4.74. The summed E-state index contributed by atoms with van der Waals surface area (Å²) in [4.78, 5) is 22.8. The lowest BCUT2D eigenvalue weighted by Crippen LogP contribution is -2.47. The molecule has 4 nitrogen and oxygen atoms in total. The van der Waals surface area contributed by atoms with Crippen molar-refractivity contribution in [2.75, 3.05) is 0 Å². The van der Waals surface area contributed by atoms with E-state index in [4.69, 9.17) is 5.11 Å². The fraction of sp³-hybridized carbons (Fsp3) is 0.800.